The van der Waals surface area contributed by atoms with E-state index in [1.54, 1.807) is 12.1 Å². The van der Waals surface area contributed by atoms with Crippen LogP contribution in [0.2, 0.25) is 4.34 Å². The molecule has 0 saturated heterocycles. The van der Waals surface area contributed by atoms with Crippen LogP contribution >= 0.6 is 22.9 Å². The largest absolute Gasteiger partial charge is 0.508 e. The van der Waals surface area contributed by atoms with Crippen LogP contribution in [-0.4, -0.2) is 11.7 Å². The van der Waals surface area contributed by atoms with Gasteiger partial charge >= 0.3 is 0 Å². The molecule has 5 heteroatoms. The Morgan fingerprint density at radius 3 is 2.79 bits per heavy atom. The third-order valence-electron chi connectivity index (χ3n) is 2.79. The number of phenols is 1. The number of hydrogen-bond donors (Lipinski definition) is 2. The van der Waals surface area contributed by atoms with Crippen molar-refractivity contribution in [2.24, 2.45) is 0 Å². The van der Waals surface area contributed by atoms with Gasteiger partial charge in [-0.2, -0.15) is 5.26 Å². The molecule has 1 heterocycles. The van der Waals surface area contributed by atoms with Crippen molar-refractivity contribution in [3.05, 3.63) is 50.7 Å². The summed E-state index contributed by atoms with van der Waals surface area (Å²) in [5.74, 6) is 0.175. The minimum Gasteiger partial charge on any atom is -0.508 e. The lowest BCUT2D eigenvalue weighted by molar-refractivity contribution is 0.466. The van der Waals surface area contributed by atoms with E-state index in [1.807, 2.05) is 17.5 Å². The molecule has 1 aromatic heterocycles. The Balaban J connectivity index is 1.83. The monoisotopic (exact) mass is 292 g/mol. The number of nitriles is 1. The highest BCUT2D eigenvalue weighted by atomic mass is 35.5. The molecule has 0 radical (unpaired) electrons. The maximum atomic E-state index is 9.75. The van der Waals surface area contributed by atoms with Crippen molar-refractivity contribution in [1.29, 1.82) is 5.26 Å². The van der Waals surface area contributed by atoms with Crippen molar-refractivity contribution in [2.45, 2.75) is 13.0 Å². The number of aromatic hydroxyl groups is 1. The van der Waals surface area contributed by atoms with E-state index in [4.69, 9.17) is 16.9 Å². The highest BCUT2D eigenvalue weighted by Crippen LogP contribution is 2.22. The normalized spacial score (nSPS) is 10.3. The Labute approximate surface area is 121 Å². The second-order valence-electron chi connectivity index (χ2n) is 4.10. The molecule has 19 heavy (non-hydrogen) atoms. The quantitative estimate of drug-likeness (QED) is 0.831. The van der Waals surface area contributed by atoms with Gasteiger partial charge in [0.1, 0.15) is 5.75 Å². The zero-order valence-electron chi connectivity index (χ0n) is 10.2. The smallest absolute Gasteiger partial charge is 0.120 e. The number of benzene rings is 1. The van der Waals surface area contributed by atoms with Crippen molar-refractivity contribution < 1.29 is 5.11 Å². The van der Waals surface area contributed by atoms with Crippen LogP contribution in [-0.2, 0) is 13.0 Å². The number of nitrogens with one attached hydrogen (secondary N) is 1. The van der Waals surface area contributed by atoms with Gasteiger partial charge in [0.25, 0.3) is 0 Å². The summed E-state index contributed by atoms with van der Waals surface area (Å²) < 4.78 is 0.814. The van der Waals surface area contributed by atoms with Gasteiger partial charge in [0, 0.05) is 6.54 Å². The molecule has 0 saturated carbocycles. The van der Waals surface area contributed by atoms with Gasteiger partial charge in [-0.1, -0.05) is 17.7 Å². The van der Waals surface area contributed by atoms with Gasteiger partial charge < -0.3 is 10.4 Å². The summed E-state index contributed by atoms with van der Waals surface area (Å²) in [6.07, 6.45) is 0.708. The average molecular weight is 293 g/mol. The third-order valence-corrected chi connectivity index (χ3v) is 4.05. The van der Waals surface area contributed by atoms with Crippen molar-refractivity contribution in [1.82, 2.24) is 5.32 Å². The molecule has 2 rings (SSSR count). The van der Waals surface area contributed by atoms with E-state index in [-0.39, 0.29) is 5.75 Å². The molecule has 98 valence electrons. The molecule has 0 spiro atoms. The van der Waals surface area contributed by atoms with Gasteiger partial charge in [-0.15, -0.1) is 11.3 Å². The number of thiophene rings is 1. The second-order valence-corrected chi connectivity index (χ2v) is 5.62. The molecular formula is C14H13ClN2OS. The van der Waals surface area contributed by atoms with Gasteiger partial charge in [-0.05, 0) is 47.7 Å². The van der Waals surface area contributed by atoms with Crippen molar-refractivity contribution in [3.8, 4) is 11.8 Å². The first-order valence-electron chi connectivity index (χ1n) is 5.85. The molecule has 0 aliphatic heterocycles. The number of nitrogens with zero attached hydrogens (tertiary/aromatic N) is 1. The van der Waals surface area contributed by atoms with Crippen LogP contribution in [0, 0.1) is 11.3 Å². The Morgan fingerprint density at radius 2 is 2.16 bits per heavy atom. The average Bonchev–Trinajstić information content (AvgIpc) is 2.81. The molecule has 0 aliphatic rings. The van der Waals surface area contributed by atoms with E-state index < -0.39 is 0 Å². The zero-order valence-corrected chi connectivity index (χ0v) is 11.8. The van der Waals surface area contributed by atoms with Gasteiger partial charge in [0.05, 0.1) is 16.0 Å². The third kappa shape index (κ3) is 3.71. The van der Waals surface area contributed by atoms with Crippen LogP contribution in [0.5, 0.6) is 5.75 Å². The predicted octanol–water partition coefficient (Wildman–Crippen LogP) is 3.31. The van der Waals surface area contributed by atoms with E-state index in [9.17, 15) is 5.11 Å². The van der Waals surface area contributed by atoms with E-state index >= 15 is 0 Å². The summed E-state index contributed by atoms with van der Waals surface area (Å²) in [6.45, 7) is 1.46. The lowest BCUT2D eigenvalue weighted by Crippen LogP contribution is -2.16. The number of halogens is 1. The molecule has 2 N–H and O–H groups in total. The van der Waals surface area contributed by atoms with Gasteiger partial charge in [-0.25, -0.2) is 0 Å². The number of phenolic OH excluding ortho intramolecular Hbond substituents is 1. The molecule has 1 aromatic carbocycles. The molecule has 0 atom stereocenters. The van der Waals surface area contributed by atoms with Crippen molar-refractivity contribution >= 4 is 22.9 Å². The summed E-state index contributed by atoms with van der Waals surface area (Å²) in [6, 6.07) is 8.99. The maximum Gasteiger partial charge on any atom is 0.120 e. The summed E-state index contributed by atoms with van der Waals surface area (Å²) in [7, 11) is 0. The molecule has 2 aromatic rings. The zero-order chi connectivity index (χ0) is 13.7. The Morgan fingerprint density at radius 1 is 1.32 bits per heavy atom. The van der Waals surface area contributed by atoms with Crippen LogP contribution < -0.4 is 5.32 Å². The van der Waals surface area contributed by atoms with Gasteiger partial charge in [0.2, 0.25) is 0 Å². The van der Waals surface area contributed by atoms with E-state index in [1.165, 1.54) is 17.4 Å². The second kappa shape index (κ2) is 6.58. The van der Waals surface area contributed by atoms with Crippen molar-refractivity contribution in [2.75, 3.05) is 6.54 Å². The molecule has 0 unspecified atom stereocenters. The fraction of sp³-hybridized carbons (Fsp3) is 0.214. The molecule has 0 bridgehead atoms. The summed E-state index contributed by atoms with van der Waals surface area (Å²) in [5.41, 5.74) is 2.40. The van der Waals surface area contributed by atoms with Crippen LogP contribution in [0.25, 0.3) is 0 Å². The van der Waals surface area contributed by atoms with Crippen LogP contribution in [0.4, 0.5) is 0 Å². The number of rotatable bonds is 5. The molecule has 0 amide bonds. The Hall–Kier alpha value is -1.54. The van der Waals surface area contributed by atoms with Crippen LogP contribution in [0.15, 0.2) is 29.6 Å². The maximum absolute atomic E-state index is 9.75. The summed E-state index contributed by atoms with van der Waals surface area (Å²) >= 11 is 7.52. The Kier molecular flexibility index (Phi) is 4.80. The first-order chi connectivity index (χ1) is 9.20. The molecule has 0 aliphatic carbocycles. The topological polar surface area (TPSA) is 56.0 Å². The van der Waals surface area contributed by atoms with Crippen LogP contribution in [0.1, 0.15) is 16.7 Å². The van der Waals surface area contributed by atoms with Gasteiger partial charge in [0.15, 0.2) is 0 Å². The van der Waals surface area contributed by atoms with Crippen molar-refractivity contribution in [3.63, 3.8) is 0 Å². The fourth-order valence-electron chi connectivity index (χ4n) is 1.74. The van der Waals surface area contributed by atoms with E-state index in [0.29, 0.717) is 12.0 Å². The first-order valence-corrected chi connectivity index (χ1v) is 7.11. The minimum atomic E-state index is 0.175. The Bertz CT molecular complexity index is 604. The first kappa shape index (κ1) is 13.9. The highest BCUT2D eigenvalue weighted by Gasteiger charge is 2.04. The van der Waals surface area contributed by atoms with E-state index in [0.717, 1.165) is 28.6 Å². The van der Waals surface area contributed by atoms with Crippen LogP contribution in [0.3, 0.4) is 0 Å². The SMILES string of the molecule is N#Cc1ccc(CCNCc2ccsc2Cl)c(O)c1. The highest BCUT2D eigenvalue weighted by molar-refractivity contribution is 7.14. The lowest BCUT2D eigenvalue weighted by Gasteiger charge is -2.06. The number of hydrogen-bond acceptors (Lipinski definition) is 4. The standard InChI is InChI=1S/C14H13ClN2OS/c15-14-12(4-6-19-14)9-17-5-3-11-2-1-10(8-16)7-13(11)18/h1-2,4,6-7,17-18H,3,5,9H2. The lowest BCUT2D eigenvalue weighted by atomic mass is 10.1. The molecule has 0 fully saturated rings. The summed E-state index contributed by atoms with van der Waals surface area (Å²) in [4.78, 5) is 0. The van der Waals surface area contributed by atoms with Gasteiger partial charge in [-0.3, -0.25) is 0 Å². The fourth-order valence-corrected chi connectivity index (χ4v) is 2.66. The molecular weight excluding hydrogens is 280 g/mol. The predicted molar refractivity (Wildman–Crippen MR) is 77.6 cm³/mol. The molecule has 3 nitrogen and oxygen atoms in total. The minimum absolute atomic E-state index is 0.175. The van der Waals surface area contributed by atoms with E-state index in [2.05, 4.69) is 5.32 Å². The summed E-state index contributed by atoms with van der Waals surface area (Å²) in [5, 5.41) is 23.7.